The minimum Gasteiger partial charge on any atom is -0.478 e. The number of carboxylic acids is 1. The molecule has 3 heterocycles. The number of aromatic carboxylic acids is 1. The van der Waals surface area contributed by atoms with Crippen LogP contribution in [0.25, 0.3) is 11.0 Å². The number of pyridine rings is 1. The molecule has 0 amide bonds. The summed E-state index contributed by atoms with van der Waals surface area (Å²) in [7, 11) is 0. The van der Waals surface area contributed by atoms with Gasteiger partial charge in [0, 0.05) is 24.8 Å². The second kappa shape index (κ2) is 5.05. The summed E-state index contributed by atoms with van der Waals surface area (Å²) in [6.07, 6.45) is 3.99. The Morgan fingerprint density at radius 3 is 2.68 bits per heavy atom. The fourth-order valence-electron chi connectivity index (χ4n) is 3.27. The van der Waals surface area contributed by atoms with Gasteiger partial charge in [0.2, 0.25) is 0 Å². The highest BCUT2D eigenvalue weighted by Gasteiger charge is 2.30. The van der Waals surface area contributed by atoms with E-state index in [4.69, 9.17) is 9.72 Å². The Kier molecular flexibility index (Phi) is 3.14. The Bertz CT molecular complexity index is 743. The third kappa shape index (κ3) is 2.18. The van der Waals surface area contributed by atoms with Crippen molar-refractivity contribution in [3.8, 4) is 0 Å². The van der Waals surface area contributed by atoms with E-state index in [2.05, 4.69) is 5.10 Å². The van der Waals surface area contributed by atoms with Crippen LogP contribution in [-0.2, 0) is 4.74 Å². The van der Waals surface area contributed by atoms with E-state index >= 15 is 0 Å². The van der Waals surface area contributed by atoms with Crippen molar-refractivity contribution in [3.05, 3.63) is 23.0 Å². The van der Waals surface area contributed by atoms with Crippen LogP contribution in [0.5, 0.6) is 0 Å². The molecule has 22 heavy (non-hydrogen) atoms. The lowest BCUT2D eigenvalue weighted by atomic mass is 10.1. The van der Waals surface area contributed by atoms with Gasteiger partial charge in [-0.25, -0.2) is 14.5 Å². The first-order valence-corrected chi connectivity index (χ1v) is 7.86. The number of hydrogen-bond donors (Lipinski definition) is 1. The zero-order chi connectivity index (χ0) is 15.3. The smallest absolute Gasteiger partial charge is 0.336 e. The summed E-state index contributed by atoms with van der Waals surface area (Å²) in [5.74, 6) is -0.482. The molecule has 1 aliphatic heterocycles. The monoisotopic (exact) mass is 301 g/mol. The fraction of sp³-hybridized carbons (Fsp3) is 0.562. The number of aryl methyl sites for hydroxylation is 1. The second-order valence-corrected chi connectivity index (χ2v) is 6.25. The van der Waals surface area contributed by atoms with E-state index in [1.54, 1.807) is 6.07 Å². The number of ether oxygens (including phenoxy) is 1. The average Bonchev–Trinajstić information content (AvgIpc) is 3.32. The SMILES string of the molecule is Cc1nn(C2CCOCC2)c2nc(C3CC3)cc(C(=O)O)c12. The highest BCUT2D eigenvalue weighted by atomic mass is 16.5. The van der Waals surface area contributed by atoms with Gasteiger partial charge in [-0.2, -0.15) is 5.10 Å². The van der Waals surface area contributed by atoms with Crippen LogP contribution in [0.3, 0.4) is 0 Å². The number of rotatable bonds is 3. The summed E-state index contributed by atoms with van der Waals surface area (Å²) < 4.78 is 7.35. The van der Waals surface area contributed by atoms with Gasteiger partial charge in [-0.05, 0) is 38.7 Å². The highest BCUT2D eigenvalue weighted by Crippen LogP contribution is 2.41. The normalized spacial score (nSPS) is 19.7. The predicted octanol–water partition coefficient (Wildman–Crippen LogP) is 2.67. The van der Waals surface area contributed by atoms with E-state index in [-0.39, 0.29) is 6.04 Å². The average molecular weight is 301 g/mol. The number of nitrogens with zero attached hydrogens (tertiary/aromatic N) is 3. The summed E-state index contributed by atoms with van der Waals surface area (Å²) in [4.78, 5) is 16.4. The Hall–Kier alpha value is -1.95. The molecule has 1 N–H and O–H groups in total. The van der Waals surface area contributed by atoms with Gasteiger partial charge in [-0.1, -0.05) is 0 Å². The van der Waals surface area contributed by atoms with E-state index in [0.29, 0.717) is 16.9 Å². The summed E-state index contributed by atoms with van der Waals surface area (Å²) in [6, 6.07) is 1.99. The number of carbonyl (C=O) groups is 1. The first kappa shape index (κ1) is 13.7. The van der Waals surface area contributed by atoms with Crippen molar-refractivity contribution in [1.29, 1.82) is 0 Å². The molecule has 0 unspecified atom stereocenters. The van der Waals surface area contributed by atoms with Gasteiger partial charge < -0.3 is 9.84 Å². The molecule has 6 nitrogen and oxygen atoms in total. The molecule has 1 saturated heterocycles. The topological polar surface area (TPSA) is 77.2 Å². The van der Waals surface area contributed by atoms with Crippen molar-refractivity contribution >= 4 is 17.0 Å². The number of fused-ring (bicyclic) bond motifs is 1. The predicted molar refractivity (Wildman–Crippen MR) is 80.3 cm³/mol. The number of hydrogen-bond acceptors (Lipinski definition) is 4. The van der Waals surface area contributed by atoms with Crippen LogP contribution < -0.4 is 0 Å². The van der Waals surface area contributed by atoms with Crippen LogP contribution in [-0.4, -0.2) is 39.1 Å². The Balaban J connectivity index is 1.92. The lowest BCUT2D eigenvalue weighted by Crippen LogP contribution is -2.21. The molecule has 0 atom stereocenters. The van der Waals surface area contributed by atoms with Gasteiger partial charge in [-0.15, -0.1) is 0 Å². The van der Waals surface area contributed by atoms with Crippen molar-refractivity contribution in [2.75, 3.05) is 13.2 Å². The Morgan fingerprint density at radius 2 is 2.05 bits per heavy atom. The van der Waals surface area contributed by atoms with Crippen molar-refractivity contribution in [3.63, 3.8) is 0 Å². The number of aromatic nitrogens is 3. The summed E-state index contributed by atoms with van der Waals surface area (Å²) in [5, 5.41) is 14.9. The maximum Gasteiger partial charge on any atom is 0.336 e. The van der Waals surface area contributed by atoms with Gasteiger partial charge in [0.05, 0.1) is 22.7 Å². The molecule has 0 bridgehead atoms. The first-order valence-electron chi connectivity index (χ1n) is 7.86. The molecule has 2 fully saturated rings. The molecule has 2 aromatic rings. The molecule has 1 aliphatic carbocycles. The lowest BCUT2D eigenvalue weighted by Gasteiger charge is -2.22. The standard InChI is InChI=1S/C16H19N3O3/c1-9-14-12(16(20)21)8-13(10-2-3-10)17-15(14)19(18-9)11-4-6-22-7-5-11/h8,10-11H,2-7H2,1H3,(H,20,21). The molecule has 0 radical (unpaired) electrons. The van der Waals surface area contributed by atoms with Crippen LogP contribution >= 0.6 is 0 Å². The van der Waals surface area contributed by atoms with Crippen molar-refractivity contribution in [2.45, 2.75) is 44.6 Å². The molecule has 2 aromatic heterocycles. The minimum absolute atomic E-state index is 0.244. The van der Waals surface area contributed by atoms with E-state index in [1.165, 1.54) is 0 Å². The maximum atomic E-state index is 11.7. The molecule has 0 spiro atoms. The van der Waals surface area contributed by atoms with Crippen LogP contribution in [0.1, 0.15) is 59.4 Å². The molecular weight excluding hydrogens is 282 g/mol. The third-order valence-electron chi connectivity index (χ3n) is 4.62. The molecule has 0 aromatic carbocycles. The first-order chi connectivity index (χ1) is 10.6. The second-order valence-electron chi connectivity index (χ2n) is 6.25. The van der Waals surface area contributed by atoms with Crippen molar-refractivity contribution < 1.29 is 14.6 Å². The largest absolute Gasteiger partial charge is 0.478 e. The van der Waals surface area contributed by atoms with E-state index in [9.17, 15) is 9.90 Å². The van der Waals surface area contributed by atoms with E-state index in [1.807, 2.05) is 11.6 Å². The van der Waals surface area contributed by atoms with Gasteiger partial charge in [0.25, 0.3) is 0 Å². The lowest BCUT2D eigenvalue weighted by molar-refractivity contribution is 0.0671. The summed E-state index contributed by atoms with van der Waals surface area (Å²) in [5.41, 5.74) is 2.71. The Morgan fingerprint density at radius 1 is 1.32 bits per heavy atom. The maximum absolute atomic E-state index is 11.7. The van der Waals surface area contributed by atoms with E-state index in [0.717, 1.165) is 55.9 Å². The van der Waals surface area contributed by atoms with E-state index < -0.39 is 5.97 Å². The molecule has 1 saturated carbocycles. The fourth-order valence-corrected chi connectivity index (χ4v) is 3.27. The molecule has 4 rings (SSSR count). The van der Waals surface area contributed by atoms with Gasteiger partial charge in [-0.3, -0.25) is 0 Å². The molecule has 2 aliphatic rings. The van der Waals surface area contributed by atoms with Gasteiger partial charge in [0.15, 0.2) is 5.65 Å². The quantitative estimate of drug-likeness (QED) is 0.943. The molecule has 6 heteroatoms. The van der Waals surface area contributed by atoms with Crippen LogP contribution in [0.2, 0.25) is 0 Å². The van der Waals surface area contributed by atoms with Gasteiger partial charge >= 0.3 is 5.97 Å². The summed E-state index contributed by atoms with van der Waals surface area (Å²) in [6.45, 7) is 3.31. The minimum atomic E-state index is -0.899. The van der Waals surface area contributed by atoms with Crippen LogP contribution in [0.15, 0.2) is 6.07 Å². The van der Waals surface area contributed by atoms with Crippen molar-refractivity contribution in [2.24, 2.45) is 0 Å². The third-order valence-corrected chi connectivity index (χ3v) is 4.62. The molecular formula is C16H19N3O3. The zero-order valence-corrected chi connectivity index (χ0v) is 12.6. The van der Waals surface area contributed by atoms with Gasteiger partial charge in [0.1, 0.15) is 0 Å². The van der Waals surface area contributed by atoms with Crippen LogP contribution in [0, 0.1) is 6.92 Å². The summed E-state index contributed by atoms with van der Waals surface area (Å²) >= 11 is 0. The highest BCUT2D eigenvalue weighted by molar-refractivity contribution is 6.03. The van der Waals surface area contributed by atoms with Crippen LogP contribution in [0.4, 0.5) is 0 Å². The molecule has 116 valence electrons. The zero-order valence-electron chi connectivity index (χ0n) is 12.6. The Labute approximate surface area is 128 Å². The van der Waals surface area contributed by atoms with Crippen molar-refractivity contribution in [1.82, 2.24) is 14.8 Å². The number of carboxylic acid groups (broad SMARTS) is 1.